The number of thiophene rings is 1. The molecule has 0 spiro atoms. The van der Waals surface area contributed by atoms with Crippen LogP contribution in [-0.2, 0) is 24.1 Å². The lowest BCUT2D eigenvalue weighted by molar-refractivity contribution is 0.221. The molecule has 2 N–H and O–H groups in total. The Kier molecular flexibility index (Phi) is 5.82. The number of hydrogen-bond donors (Lipinski definition) is 1. The van der Waals surface area contributed by atoms with E-state index in [2.05, 4.69) is 55.3 Å². The first-order valence-corrected chi connectivity index (χ1v) is 9.64. The SMILES string of the molecule is CCc1ccc(CCOC2=CCN(Cc3cccc(N)c3C)C=C2)s1. The number of nitrogens with zero attached hydrogens (tertiary/aromatic N) is 1. The summed E-state index contributed by atoms with van der Waals surface area (Å²) >= 11 is 1.89. The van der Waals surface area contributed by atoms with Crippen LogP contribution in [0, 0.1) is 6.92 Å². The summed E-state index contributed by atoms with van der Waals surface area (Å²) < 4.78 is 5.91. The molecule has 0 radical (unpaired) electrons. The van der Waals surface area contributed by atoms with Crippen molar-refractivity contribution in [3.05, 3.63) is 75.3 Å². The van der Waals surface area contributed by atoms with E-state index >= 15 is 0 Å². The fourth-order valence-electron chi connectivity index (χ4n) is 2.85. The second kappa shape index (κ2) is 8.26. The van der Waals surface area contributed by atoms with Crippen molar-refractivity contribution in [2.45, 2.75) is 33.2 Å². The quantitative estimate of drug-likeness (QED) is 0.734. The van der Waals surface area contributed by atoms with Crippen molar-refractivity contribution in [2.75, 3.05) is 18.9 Å². The van der Waals surface area contributed by atoms with Gasteiger partial charge in [-0.2, -0.15) is 0 Å². The Hall–Kier alpha value is -2.20. The van der Waals surface area contributed by atoms with E-state index in [1.54, 1.807) is 0 Å². The average molecular weight is 355 g/mol. The fourth-order valence-corrected chi connectivity index (χ4v) is 3.79. The molecule has 1 aliphatic heterocycles. The molecular weight excluding hydrogens is 328 g/mol. The van der Waals surface area contributed by atoms with Crippen molar-refractivity contribution in [3.8, 4) is 0 Å². The lowest BCUT2D eigenvalue weighted by Crippen LogP contribution is -2.20. The lowest BCUT2D eigenvalue weighted by atomic mass is 10.1. The zero-order valence-electron chi connectivity index (χ0n) is 15.0. The van der Waals surface area contributed by atoms with Gasteiger partial charge in [-0.3, -0.25) is 0 Å². The van der Waals surface area contributed by atoms with E-state index in [1.165, 1.54) is 20.9 Å². The molecule has 1 aliphatic rings. The van der Waals surface area contributed by atoms with Crippen LogP contribution in [0.4, 0.5) is 5.69 Å². The van der Waals surface area contributed by atoms with Crippen LogP contribution < -0.4 is 5.73 Å². The summed E-state index contributed by atoms with van der Waals surface area (Å²) in [5.74, 6) is 0.966. The number of rotatable bonds is 7. The lowest BCUT2D eigenvalue weighted by Gasteiger charge is -2.24. The summed E-state index contributed by atoms with van der Waals surface area (Å²) in [4.78, 5) is 5.11. The van der Waals surface area contributed by atoms with E-state index in [0.29, 0.717) is 0 Å². The van der Waals surface area contributed by atoms with Crippen molar-refractivity contribution < 1.29 is 4.74 Å². The Labute approximate surface area is 154 Å². The molecule has 3 rings (SSSR count). The summed E-state index contributed by atoms with van der Waals surface area (Å²) in [6.07, 6.45) is 8.40. The van der Waals surface area contributed by atoms with Gasteiger partial charge in [-0.05, 0) is 54.8 Å². The predicted molar refractivity (Wildman–Crippen MR) is 107 cm³/mol. The summed E-state index contributed by atoms with van der Waals surface area (Å²) in [5, 5.41) is 0. The van der Waals surface area contributed by atoms with Gasteiger partial charge in [0.25, 0.3) is 0 Å². The van der Waals surface area contributed by atoms with Gasteiger partial charge in [0.05, 0.1) is 6.61 Å². The summed E-state index contributed by atoms with van der Waals surface area (Å²) in [6, 6.07) is 10.5. The number of anilines is 1. The number of benzene rings is 1. The van der Waals surface area contributed by atoms with E-state index in [1.807, 2.05) is 23.5 Å². The number of nitrogens with two attached hydrogens (primary N) is 1. The van der Waals surface area contributed by atoms with Gasteiger partial charge in [-0.25, -0.2) is 0 Å². The molecule has 2 heterocycles. The first kappa shape index (κ1) is 17.6. The van der Waals surface area contributed by atoms with Gasteiger partial charge < -0.3 is 15.4 Å². The topological polar surface area (TPSA) is 38.5 Å². The minimum Gasteiger partial charge on any atom is -0.493 e. The van der Waals surface area contributed by atoms with Crippen LogP contribution in [0.25, 0.3) is 0 Å². The third-order valence-corrected chi connectivity index (χ3v) is 5.81. The van der Waals surface area contributed by atoms with Crippen molar-refractivity contribution in [1.82, 2.24) is 4.90 Å². The summed E-state index contributed by atoms with van der Waals surface area (Å²) in [6.45, 7) is 6.73. The van der Waals surface area contributed by atoms with Crippen molar-refractivity contribution >= 4 is 17.0 Å². The smallest absolute Gasteiger partial charge is 0.118 e. The Morgan fingerprint density at radius 1 is 1.20 bits per heavy atom. The predicted octanol–water partition coefficient (Wildman–Crippen LogP) is 4.67. The fraction of sp³-hybridized carbons (Fsp3) is 0.333. The molecule has 0 fully saturated rings. The molecule has 0 bridgehead atoms. The molecule has 0 unspecified atom stereocenters. The minimum absolute atomic E-state index is 0.730. The number of hydrogen-bond acceptors (Lipinski definition) is 4. The van der Waals surface area contributed by atoms with Crippen LogP contribution >= 0.6 is 11.3 Å². The molecule has 0 saturated carbocycles. The van der Waals surface area contributed by atoms with Gasteiger partial charge >= 0.3 is 0 Å². The standard InChI is InChI=1S/C21H26N2OS/c1-3-19-7-8-20(25-19)11-14-24-18-9-12-23(13-10-18)15-17-5-4-6-21(22)16(17)2/h4-10,12H,3,11,13-15,22H2,1-2H3. The third kappa shape index (κ3) is 4.67. The van der Waals surface area contributed by atoms with Crippen LogP contribution in [0.3, 0.4) is 0 Å². The van der Waals surface area contributed by atoms with Crippen molar-refractivity contribution in [2.24, 2.45) is 0 Å². The molecule has 3 nitrogen and oxygen atoms in total. The highest BCUT2D eigenvalue weighted by atomic mass is 32.1. The first-order chi connectivity index (χ1) is 12.2. The highest BCUT2D eigenvalue weighted by Crippen LogP contribution is 2.20. The van der Waals surface area contributed by atoms with Crippen LogP contribution in [0.2, 0.25) is 0 Å². The second-order valence-corrected chi connectivity index (χ2v) is 7.56. The van der Waals surface area contributed by atoms with E-state index in [0.717, 1.165) is 44.0 Å². The number of ether oxygens (including phenoxy) is 1. The largest absolute Gasteiger partial charge is 0.493 e. The van der Waals surface area contributed by atoms with Gasteiger partial charge in [-0.1, -0.05) is 19.1 Å². The van der Waals surface area contributed by atoms with Crippen LogP contribution in [0.5, 0.6) is 0 Å². The van der Waals surface area contributed by atoms with Crippen LogP contribution in [0.15, 0.2) is 54.4 Å². The highest BCUT2D eigenvalue weighted by Gasteiger charge is 2.09. The molecule has 1 aromatic heterocycles. The van der Waals surface area contributed by atoms with E-state index in [-0.39, 0.29) is 0 Å². The van der Waals surface area contributed by atoms with Crippen LogP contribution in [0.1, 0.15) is 27.8 Å². The second-order valence-electron chi connectivity index (χ2n) is 6.30. The van der Waals surface area contributed by atoms with E-state index in [9.17, 15) is 0 Å². The van der Waals surface area contributed by atoms with Crippen LogP contribution in [-0.4, -0.2) is 18.1 Å². The van der Waals surface area contributed by atoms with Gasteiger partial charge in [0.1, 0.15) is 5.76 Å². The summed E-state index contributed by atoms with van der Waals surface area (Å²) in [5.41, 5.74) is 9.29. The molecule has 0 saturated heterocycles. The Morgan fingerprint density at radius 3 is 2.76 bits per heavy atom. The monoisotopic (exact) mass is 354 g/mol. The Balaban J connectivity index is 1.46. The molecule has 25 heavy (non-hydrogen) atoms. The first-order valence-electron chi connectivity index (χ1n) is 8.82. The Bertz CT molecular complexity index is 776. The van der Waals surface area contributed by atoms with E-state index in [4.69, 9.17) is 10.5 Å². The molecule has 0 aliphatic carbocycles. The molecule has 2 aromatic rings. The third-order valence-electron chi connectivity index (χ3n) is 4.52. The maximum absolute atomic E-state index is 5.99. The molecule has 132 valence electrons. The highest BCUT2D eigenvalue weighted by molar-refractivity contribution is 7.11. The van der Waals surface area contributed by atoms with Gasteiger partial charge in [0.2, 0.25) is 0 Å². The van der Waals surface area contributed by atoms with Crippen molar-refractivity contribution in [3.63, 3.8) is 0 Å². The van der Waals surface area contributed by atoms with Crippen molar-refractivity contribution in [1.29, 1.82) is 0 Å². The maximum atomic E-state index is 5.99. The Morgan fingerprint density at radius 2 is 2.04 bits per heavy atom. The normalized spacial score (nSPS) is 13.8. The molecule has 1 aromatic carbocycles. The average Bonchev–Trinajstić information content (AvgIpc) is 3.08. The number of aryl methyl sites for hydroxylation is 1. The van der Waals surface area contributed by atoms with E-state index < -0.39 is 0 Å². The molecule has 0 amide bonds. The molecule has 4 heteroatoms. The minimum atomic E-state index is 0.730. The zero-order chi connectivity index (χ0) is 17.6. The number of nitrogen functional groups attached to an aromatic ring is 1. The zero-order valence-corrected chi connectivity index (χ0v) is 15.8. The van der Waals surface area contributed by atoms with Gasteiger partial charge in [-0.15, -0.1) is 11.3 Å². The summed E-state index contributed by atoms with van der Waals surface area (Å²) in [7, 11) is 0. The van der Waals surface area contributed by atoms with Gasteiger partial charge in [0, 0.05) is 41.2 Å². The number of allylic oxidation sites excluding steroid dienone is 1. The molecular formula is C21H26N2OS. The maximum Gasteiger partial charge on any atom is 0.118 e. The molecule has 0 atom stereocenters. The van der Waals surface area contributed by atoms with Gasteiger partial charge in [0.15, 0.2) is 0 Å².